The molecule has 0 bridgehead atoms. The zero-order chi connectivity index (χ0) is 23.4. The highest BCUT2D eigenvalue weighted by molar-refractivity contribution is 5.80. The maximum Gasteiger partial charge on any atom is 0.322 e. The molecule has 33 heavy (non-hydrogen) atoms. The van der Waals surface area contributed by atoms with E-state index in [1.807, 2.05) is 37.3 Å². The van der Waals surface area contributed by atoms with Crippen molar-refractivity contribution in [3.63, 3.8) is 0 Å². The largest absolute Gasteiger partial charge is 0.497 e. The first-order valence-corrected chi connectivity index (χ1v) is 10.1. The number of rotatable bonds is 8. The van der Waals surface area contributed by atoms with Gasteiger partial charge in [-0.05, 0) is 48.9 Å². The highest BCUT2D eigenvalue weighted by Crippen LogP contribution is 2.33. The Morgan fingerprint density at radius 1 is 1.03 bits per heavy atom. The Balaban J connectivity index is 1.76. The quantitative estimate of drug-likeness (QED) is 0.441. The minimum Gasteiger partial charge on any atom is -0.497 e. The van der Waals surface area contributed by atoms with Crippen LogP contribution in [0.4, 0.5) is 0 Å². The molecule has 2 aromatic carbocycles. The molecule has 0 spiro atoms. The van der Waals surface area contributed by atoms with Crippen molar-refractivity contribution < 1.29 is 19.0 Å². The van der Waals surface area contributed by atoms with Crippen LogP contribution in [0.1, 0.15) is 5.56 Å². The van der Waals surface area contributed by atoms with Crippen LogP contribution in [-0.4, -0.2) is 39.9 Å². The van der Waals surface area contributed by atoms with Gasteiger partial charge >= 0.3 is 6.01 Å². The third-order valence-corrected chi connectivity index (χ3v) is 4.80. The Morgan fingerprint density at radius 2 is 1.82 bits per heavy atom. The third kappa shape index (κ3) is 5.09. The number of carbonyl (C=O) groups excluding carboxylic acids is 1. The normalized spacial score (nSPS) is 10.6. The summed E-state index contributed by atoms with van der Waals surface area (Å²) in [6.45, 7) is 1.91. The van der Waals surface area contributed by atoms with E-state index in [-0.39, 0.29) is 12.6 Å². The van der Waals surface area contributed by atoms with Gasteiger partial charge < -0.3 is 19.9 Å². The summed E-state index contributed by atoms with van der Waals surface area (Å²) >= 11 is 0. The van der Waals surface area contributed by atoms with Crippen molar-refractivity contribution in [2.24, 2.45) is 5.73 Å². The summed E-state index contributed by atoms with van der Waals surface area (Å²) in [5, 5.41) is 4.59. The molecule has 2 N–H and O–H groups in total. The fourth-order valence-corrected chi connectivity index (χ4v) is 3.38. The van der Waals surface area contributed by atoms with Crippen LogP contribution in [0.15, 0.2) is 60.9 Å². The molecule has 4 rings (SSSR count). The van der Waals surface area contributed by atoms with E-state index >= 15 is 0 Å². The number of hydrogen-bond donors (Lipinski definition) is 1. The minimum absolute atomic E-state index is 0.0613. The van der Waals surface area contributed by atoms with E-state index in [1.54, 1.807) is 44.8 Å². The highest BCUT2D eigenvalue weighted by Gasteiger charge is 2.17. The second-order valence-corrected chi connectivity index (χ2v) is 7.30. The van der Waals surface area contributed by atoms with Crippen LogP contribution >= 0.6 is 0 Å². The molecule has 2 heterocycles. The molecule has 0 fully saturated rings. The standard InChI is InChI=1S/C24H23N5O4/c1-15-9-16(11-19(10-15)32-3)23-20(13-29(28-23)14-22(25)30)21-7-8-26-24(27-21)33-18-6-4-5-17(12-18)31-2/h4-13H,14H2,1-3H3,(H2,25,30). The van der Waals surface area contributed by atoms with Crippen molar-refractivity contribution in [2.75, 3.05) is 14.2 Å². The van der Waals surface area contributed by atoms with Crippen LogP contribution < -0.4 is 19.9 Å². The first-order valence-electron chi connectivity index (χ1n) is 10.1. The Bertz CT molecular complexity index is 1300. The second-order valence-electron chi connectivity index (χ2n) is 7.30. The van der Waals surface area contributed by atoms with Crippen molar-refractivity contribution in [2.45, 2.75) is 13.5 Å². The van der Waals surface area contributed by atoms with Crippen LogP contribution in [-0.2, 0) is 11.3 Å². The predicted octanol–water partition coefficient (Wildman–Crippen LogP) is 3.61. The lowest BCUT2D eigenvalue weighted by Gasteiger charge is -2.08. The van der Waals surface area contributed by atoms with Gasteiger partial charge in [0.15, 0.2) is 0 Å². The molecular formula is C24H23N5O4. The van der Waals surface area contributed by atoms with Crippen molar-refractivity contribution in [1.82, 2.24) is 19.7 Å². The fraction of sp³-hybridized carbons (Fsp3) is 0.167. The Hall–Kier alpha value is -4.40. The lowest BCUT2D eigenvalue weighted by molar-refractivity contribution is -0.118. The number of hydrogen-bond acceptors (Lipinski definition) is 7. The monoisotopic (exact) mass is 445 g/mol. The molecule has 0 aliphatic rings. The Morgan fingerprint density at radius 3 is 2.58 bits per heavy atom. The number of nitrogens with two attached hydrogens (primary N) is 1. The van der Waals surface area contributed by atoms with Crippen LogP contribution in [0, 0.1) is 6.92 Å². The number of benzene rings is 2. The van der Waals surface area contributed by atoms with Gasteiger partial charge in [0.05, 0.1) is 19.9 Å². The summed E-state index contributed by atoms with van der Waals surface area (Å²) in [5.74, 6) is 1.40. The molecule has 9 nitrogen and oxygen atoms in total. The average molecular weight is 445 g/mol. The molecule has 4 aromatic rings. The maximum atomic E-state index is 11.5. The number of methoxy groups -OCH3 is 2. The van der Waals surface area contributed by atoms with E-state index < -0.39 is 5.91 Å². The van der Waals surface area contributed by atoms with Gasteiger partial charge in [-0.15, -0.1) is 0 Å². The summed E-state index contributed by atoms with van der Waals surface area (Å²) in [6.07, 6.45) is 3.33. The highest BCUT2D eigenvalue weighted by atomic mass is 16.5. The predicted molar refractivity (Wildman–Crippen MR) is 122 cm³/mol. The Labute approximate surface area is 190 Å². The molecule has 0 saturated carbocycles. The smallest absolute Gasteiger partial charge is 0.322 e. The SMILES string of the molecule is COc1cccc(Oc2nccc(-c3cn(CC(N)=O)nc3-c3cc(C)cc(OC)c3)n2)c1. The van der Waals surface area contributed by atoms with Gasteiger partial charge in [0.2, 0.25) is 5.91 Å². The topological polar surface area (TPSA) is 114 Å². The molecule has 168 valence electrons. The molecule has 0 aliphatic carbocycles. The summed E-state index contributed by atoms with van der Waals surface area (Å²) < 4.78 is 18.0. The molecule has 0 saturated heterocycles. The molecule has 0 aliphatic heterocycles. The van der Waals surface area contributed by atoms with Crippen LogP contribution in [0.25, 0.3) is 22.5 Å². The van der Waals surface area contributed by atoms with Gasteiger partial charge in [-0.3, -0.25) is 9.48 Å². The van der Waals surface area contributed by atoms with E-state index in [2.05, 4.69) is 15.1 Å². The number of aryl methyl sites for hydroxylation is 1. The summed E-state index contributed by atoms with van der Waals surface area (Å²) in [4.78, 5) is 20.3. The minimum atomic E-state index is -0.498. The lowest BCUT2D eigenvalue weighted by atomic mass is 10.0. The lowest BCUT2D eigenvalue weighted by Crippen LogP contribution is -2.18. The molecule has 9 heteroatoms. The average Bonchev–Trinajstić information content (AvgIpc) is 3.22. The molecule has 0 atom stereocenters. The van der Waals surface area contributed by atoms with E-state index in [0.29, 0.717) is 34.2 Å². The van der Waals surface area contributed by atoms with Crippen LogP contribution in [0.3, 0.4) is 0 Å². The van der Waals surface area contributed by atoms with Gasteiger partial charge in [0.1, 0.15) is 29.5 Å². The molecule has 2 aromatic heterocycles. The number of nitrogens with zero attached hydrogens (tertiary/aromatic N) is 4. The van der Waals surface area contributed by atoms with E-state index in [9.17, 15) is 4.79 Å². The zero-order valence-electron chi connectivity index (χ0n) is 18.5. The van der Waals surface area contributed by atoms with Gasteiger partial charge in [0, 0.05) is 29.6 Å². The molecule has 0 radical (unpaired) electrons. The van der Waals surface area contributed by atoms with Crippen LogP contribution in [0.5, 0.6) is 23.3 Å². The summed E-state index contributed by atoms with van der Waals surface area (Å²) in [6, 6.07) is 14.9. The van der Waals surface area contributed by atoms with Crippen molar-refractivity contribution in [1.29, 1.82) is 0 Å². The molecule has 0 unspecified atom stereocenters. The summed E-state index contributed by atoms with van der Waals surface area (Å²) in [5.41, 5.74) is 9.11. The number of carbonyl (C=O) groups is 1. The first-order chi connectivity index (χ1) is 15.9. The van der Waals surface area contributed by atoms with Gasteiger partial charge in [-0.1, -0.05) is 6.07 Å². The molecular weight excluding hydrogens is 422 g/mol. The van der Waals surface area contributed by atoms with Crippen molar-refractivity contribution in [3.8, 4) is 45.8 Å². The summed E-state index contributed by atoms with van der Waals surface area (Å²) in [7, 11) is 3.19. The number of ether oxygens (including phenoxy) is 3. The maximum absolute atomic E-state index is 11.5. The number of primary amides is 1. The number of amides is 1. The van der Waals surface area contributed by atoms with Crippen LogP contribution in [0.2, 0.25) is 0 Å². The zero-order valence-corrected chi connectivity index (χ0v) is 18.5. The number of aromatic nitrogens is 4. The van der Waals surface area contributed by atoms with Crippen molar-refractivity contribution >= 4 is 5.91 Å². The van der Waals surface area contributed by atoms with Gasteiger partial charge in [0.25, 0.3) is 0 Å². The molecule has 1 amide bonds. The van der Waals surface area contributed by atoms with E-state index in [0.717, 1.165) is 11.1 Å². The third-order valence-electron chi connectivity index (χ3n) is 4.80. The van der Waals surface area contributed by atoms with E-state index in [4.69, 9.17) is 19.9 Å². The fourth-order valence-electron chi connectivity index (χ4n) is 3.38. The van der Waals surface area contributed by atoms with Gasteiger partial charge in [-0.2, -0.15) is 10.1 Å². The van der Waals surface area contributed by atoms with Gasteiger partial charge in [-0.25, -0.2) is 4.98 Å². The Kier molecular flexibility index (Phi) is 6.21. The second kappa shape index (κ2) is 9.39. The van der Waals surface area contributed by atoms with Crippen molar-refractivity contribution in [3.05, 3.63) is 66.5 Å². The van der Waals surface area contributed by atoms with E-state index in [1.165, 1.54) is 4.68 Å². The first kappa shape index (κ1) is 21.8.